The lowest BCUT2D eigenvalue weighted by Crippen LogP contribution is -2.30. The second-order valence-corrected chi connectivity index (χ2v) is 7.76. The quantitative estimate of drug-likeness (QED) is 0.745. The maximum atomic E-state index is 12.3. The lowest BCUT2D eigenvalue weighted by atomic mass is 10.2. The molecule has 0 aliphatic carbocycles. The molecule has 0 bridgehead atoms. The van der Waals surface area contributed by atoms with Crippen molar-refractivity contribution in [2.45, 2.75) is 31.1 Å². The molecule has 3 heterocycles. The molecule has 1 aromatic carbocycles. The normalized spacial score (nSPS) is 22.1. The summed E-state index contributed by atoms with van der Waals surface area (Å²) in [5.74, 6) is 1.71. The summed E-state index contributed by atoms with van der Waals surface area (Å²) in [6.45, 7) is 4.51. The molecule has 1 unspecified atom stereocenters. The van der Waals surface area contributed by atoms with Crippen LogP contribution in [-0.4, -0.2) is 47.6 Å². The number of carbonyl (C=O) groups is 1. The number of furan rings is 1. The molecule has 2 aromatic rings. The van der Waals surface area contributed by atoms with Gasteiger partial charge in [0, 0.05) is 11.9 Å². The van der Waals surface area contributed by atoms with E-state index in [-0.39, 0.29) is 11.3 Å². The Bertz CT molecular complexity index is 675. The molecule has 24 heavy (non-hydrogen) atoms. The van der Waals surface area contributed by atoms with Gasteiger partial charge in [-0.3, -0.25) is 4.79 Å². The van der Waals surface area contributed by atoms with Crippen LogP contribution >= 0.6 is 11.8 Å². The highest BCUT2D eigenvalue weighted by atomic mass is 32.2. The van der Waals surface area contributed by atoms with E-state index in [2.05, 4.69) is 17.0 Å². The van der Waals surface area contributed by atoms with Crippen LogP contribution in [0.25, 0.3) is 11.0 Å². The number of carbonyl (C=O) groups excluding carboxylic acids is 1. The van der Waals surface area contributed by atoms with Gasteiger partial charge in [0.2, 0.25) is 5.91 Å². The highest BCUT2D eigenvalue weighted by Gasteiger charge is 2.34. The molecule has 0 spiro atoms. The number of nitrogens with zero attached hydrogens (tertiary/aromatic N) is 2. The highest BCUT2D eigenvalue weighted by molar-refractivity contribution is 8.00. The molecule has 2 fully saturated rings. The van der Waals surface area contributed by atoms with Crippen LogP contribution in [-0.2, 0) is 4.79 Å². The lowest BCUT2D eigenvalue weighted by Gasteiger charge is -2.23. The van der Waals surface area contributed by atoms with Crippen LogP contribution < -0.4 is 0 Å². The number of para-hydroxylation sites is 1. The van der Waals surface area contributed by atoms with Crippen molar-refractivity contribution in [3.8, 4) is 0 Å². The second kappa shape index (κ2) is 7.19. The number of rotatable bonds is 6. The number of fused-ring (bicyclic) bond motifs is 1. The Kier molecular flexibility index (Phi) is 4.81. The number of likely N-dealkylation sites (tertiary alicyclic amines) is 1. The third-order valence-electron chi connectivity index (χ3n) is 4.98. The maximum absolute atomic E-state index is 12.3. The first-order valence-corrected chi connectivity index (χ1v) is 9.98. The highest BCUT2D eigenvalue weighted by Crippen LogP contribution is 2.40. The third kappa shape index (κ3) is 3.33. The molecule has 4 nitrogen and oxygen atoms in total. The predicted octanol–water partition coefficient (Wildman–Crippen LogP) is 3.88. The van der Waals surface area contributed by atoms with Gasteiger partial charge in [-0.25, -0.2) is 0 Å². The van der Waals surface area contributed by atoms with Crippen molar-refractivity contribution in [3.63, 3.8) is 0 Å². The Labute approximate surface area is 147 Å². The van der Waals surface area contributed by atoms with Crippen molar-refractivity contribution in [3.05, 3.63) is 36.1 Å². The molecule has 2 aliphatic rings. The standard InChI is InChI=1S/C19H24N2O2S/c22-18-14-24-19(17-13-15-7-1-2-8-16(15)23-17)21(18)12-6-5-11-20-9-3-4-10-20/h1-2,7-8,13,19H,3-6,9-12,14H2. The van der Waals surface area contributed by atoms with E-state index in [1.165, 1.54) is 38.9 Å². The molecule has 5 heteroatoms. The summed E-state index contributed by atoms with van der Waals surface area (Å²) in [7, 11) is 0. The molecular formula is C19H24N2O2S. The summed E-state index contributed by atoms with van der Waals surface area (Å²) in [6.07, 6.45) is 4.92. The minimum atomic E-state index is 0.0386. The first-order valence-electron chi connectivity index (χ1n) is 8.93. The Balaban J connectivity index is 1.38. The minimum absolute atomic E-state index is 0.0386. The molecule has 2 aliphatic heterocycles. The van der Waals surface area contributed by atoms with Gasteiger partial charge >= 0.3 is 0 Å². The van der Waals surface area contributed by atoms with Gasteiger partial charge in [0.1, 0.15) is 16.7 Å². The summed E-state index contributed by atoms with van der Waals surface area (Å²) in [4.78, 5) is 16.8. The third-order valence-corrected chi connectivity index (χ3v) is 6.19. The van der Waals surface area contributed by atoms with E-state index in [9.17, 15) is 4.79 Å². The van der Waals surface area contributed by atoms with Crippen molar-refractivity contribution in [2.75, 3.05) is 31.9 Å². The molecule has 4 rings (SSSR count). The summed E-state index contributed by atoms with van der Waals surface area (Å²) >= 11 is 1.68. The summed E-state index contributed by atoms with van der Waals surface area (Å²) < 4.78 is 6.00. The van der Waals surface area contributed by atoms with E-state index in [1.54, 1.807) is 11.8 Å². The first kappa shape index (κ1) is 16.0. The van der Waals surface area contributed by atoms with Crippen LogP contribution in [0.1, 0.15) is 36.8 Å². The fraction of sp³-hybridized carbons (Fsp3) is 0.526. The fourth-order valence-corrected chi connectivity index (χ4v) is 4.83. The topological polar surface area (TPSA) is 36.7 Å². The van der Waals surface area contributed by atoms with Gasteiger partial charge in [-0.1, -0.05) is 18.2 Å². The number of unbranched alkanes of at least 4 members (excludes halogenated alkanes) is 1. The van der Waals surface area contributed by atoms with E-state index in [0.29, 0.717) is 5.75 Å². The predicted molar refractivity (Wildman–Crippen MR) is 98.0 cm³/mol. The van der Waals surface area contributed by atoms with Gasteiger partial charge in [0.25, 0.3) is 0 Å². The smallest absolute Gasteiger partial charge is 0.233 e. The van der Waals surface area contributed by atoms with Crippen molar-refractivity contribution in [1.82, 2.24) is 9.80 Å². The number of hydrogen-bond donors (Lipinski definition) is 0. The summed E-state index contributed by atoms with van der Waals surface area (Å²) in [5.41, 5.74) is 0.904. The van der Waals surface area contributed by atoms with Crippen molar-refractivity contribution < 1.29 is 9.21 Å². The van der Waals surface area contributed by atoms with Crippen LogP contribution in [0, 0.1) is 0 Å². The Hall–Kier alpha value is -1.46. The zero-order chi connectivity index (χ0) is 16.4. The molecule has 2 saturated heterocycles. The van der Waals surface area contributed by atoms with Gasteiger partial charge in [-0.05, 0) is 57.5 Å². The molecular weight excluding hydrogens is 320 g/mol. The fourth-order valence-electron chi connectivity index (χ4n) is 3.68. The van der Waals surface area contributed by atoms with Crippen LogP contribution in [0.2, 0.25) is 0 Å². The van der Waals surface area contributed by atoms with Crippen LogP contribution in [0.3, 0.4) is 0 Å². The zero-order valence-corrected chi connectivity index (χ0v) is 14.8. The number of amides is 1. The number of thioether (sulfide) groups is 1. The summed E-state index contributed by atoms with van der Waals surface area (Å²) in [5, 5.41) is 1.15. The molecule has 1 atom stereocenters. The number of benzene rings is 1. The van der Waals surface area contributed by atoms with E-state index in [4.69, 9.17) is 4.42 Å². The zero-order valence-electron chi connectivity index (χ0n) is 13.9. The summed E-state index contributed by atoms with van der Waals surface area (Å²) in [6, 6.07) is 10.1. The minimum Gasteiger partial charge on any atom is -0.458 e. The molecule has 0 radical (unpaired) electrons. The van der Waals surface area contributed by atoms with Gasteiger partial charge in [0.15, 0.2) is 0 Å². The van der Waals surface area contributed by atoms with E-state index in [0.717, 1.165) is 29.7 Å². The monoisotopic (exact) mass is 344 g/mol. The molecule has 128 valence electrons. The second-order valence-electron chi connectivity index (χ2n) is 6.69. The van der Waals surface area contributed by atoms with E-state index < -0.39 is 0 Å². The van der Waals surface area contributed by atoms with E-state index >= 15 is 0 Å². The molecule has 0 saturated carbocycles. The molecule has 0 N–H and O–H groups in total. The Morgan fingerprint density at radius 1 is 1.12 bits per heavy atom. The Morgan fingerprint density at radius 2 is 1.92 bits per heavy atom. The SMILES string of the molecule is O=C1CSC(c2cc3ccccc3o2)N1CCCCN1CCCC1. The van der Waals surface area contributed by atoms with Crippen LogP contribution in [0.5, 0.6) is 0 Å². The number of hydrogen-bond acceptors (Lipinski definition) is 4. The first-order chi connectivity index (χ1) is 11.8. The maximum Gasteiger partial charge on any atom is 0.233 e. The van der Waals surface area contributed by atoms with Crippen molar-refractivity contribution in [1.29, 1.82) is 0 Å². The lowest BCUT2D eigenvalue weighted by molar-refractivity contribution is -0.128. The largest absolute Gasteiger partial charge is 0.458 e. The van der Waals surface area contributed by atoms with Crippen LogP contribution in [0.4, 0.5) is 0 Å². The average Bonchev–Trinajstić information content (AvgIpc) is 3.31. The average molecular weight is 344 g/mol. The molecule has 1 aromatic heterocycles. The van der Waals surface area contributed by atoms with Gasteiger partial charge in [-0.15, -0.1) is 11.8 Å². The van der Waals surface area contributed by atoms with E-state index in [1.807, 2.05) is 23.1 Å². The van der Waals surface area contributed by atoms with Gasteiger partial charge in [0.05, 0.1) is 5.75 Å². The van der Waals surface area contributed by atoms with Crippen LogP contribution in [0.15, 0.2) is 34.7 Å². The van der Waals surface area contributed by atoms with Crippen molar-refractivity contribution >= 4 is 28.6 Å². The van der Waals surface area contributed by atoms with Gasteiger partial charge in [-0.2, -0.15) is 0 Å². The van der Waals surface area contributed by atoms with Gasteiger partial charge < -0.3 is 14.2 Å². The molecule has 1 amide bonds. The Morgan fingerprint density at radius 3 is 2.75 bits per heavy atom. The van der Waals surface area contributed by atoms with Crippen molar-refractivity contribution in [2.24, 2.45) is 0 Å².